The molecule has 58 valence electrons. The van der Waals surface area contributed by atoms with Crippen LogP contribution in [0.15, 0.2) is 12.2 Å². The maximum absolute atomic E-state index is 4.14. The van der Waals surface area contributed by atoms with Crippen molar-refractivity contribution < 1.29 is 0 Å². The molecule has 0 amide bonds. The second-order valence-corrected chi connectivity index (χ2v) is 10.1. The van der Waals surface area contributed by atoms with E-state index < -0.39 is 8.07 Å². The molecule has 0 spiro atoms. The molecule has 0 saturated heterocycles. The van der Waals surface area contributed by atoms with E-state index >= 15 is 0 Å². The minimum Gasteiger partial charge on any atom is -0.0999 e. The molecule has 0 radical (unpaired) electrons. The maximum Gasteiger partial charge on any atom is 0.0483 e. The third kappa shape index (κ3) is 2.69. The molecule has 1 rings (SSSR count). The molecule has 0 aromatic heterocycles. The molecule has 0 atom stereocenters. The summed E-state index contributed by atoms with van der Waals surface area (Å²) in [4.78, 5) is 0. The second-order valence-electron chi connectivity index (χ2n) is 4.67. The normalized spacial score (nSPS) is 19.1. The third-order valence-electron chi connectivity index (χ3n) is 1.91. The van der Waals surface area contributed by atoms with E-state index in [-0.39, 0.29) is 0 Å². The van der Waals surface area contributed by atoms with Crippen molar-refractivity contribution in [3.63, 3.8) is 0 Å². The summed E-state index contributed by atoms with van der Waals surface area (Å²) < 4.78 is 0. The molecule has 1 aliphatic rings. The summed E-state index contributed by atoms with van der Waals surface area (Å²) in [5, 5.41) is 0. The van der Waals surface area contributed by atoms with Crippen LogP contribution in [0.4, 0.5) is 0 Å². The highest BCUT2D eigenvalue weighted by atomic mass is 28.3. The van der Waals surface area contributed by atoms with Crippen LogP contribution in [0.1, 0.15) is 12.8 Å². The number of hydrogen-bond donors (Lipinski definition) is 0. The highest BCUT2D eigenvalue weighted by Gasteiger charge is 2.27. The van der Waals surface area contributed by atoms with Crippen LogP contribution in [0.25, 0.3) is 0 Å². The molecule has 0 heterocycles. The summed E-state index contributed by atoms with van der Waals surface area (Å²) in [6.45, 7) is 11.4. The summed E-state index contributed by atoms with van der Waals surface area (Å²) in [7, 11) is -0.843. The first kappa shape index (κ1) is 8.06. The van der Waals surface area contributed by atoms with Crippen LogP contribution in [0, 0.1) is 5.92 Å². The summed E-state index contributed by atoms with van der Waals surface area (Å²) in [6, 6.07) is 1.34. The average Bonchev–Trinajstić information content (AvgIpc) is 2.35. The fourth-order valence-electron chi connectivity index (χ4n) is 1.32. The fourth-order valence-corrected chi connectivity index (χ4v) is 2.97. The van der Waals surface area contributed by atoms with E-state index in [9.17, 15) is 0 Å². The van der Waals surface area contributed by atoms with Gasteiger partial charge in [0.1, 0.15) is 0 Å². The van der Waals surface area contributed by atoms with Crippen LogP contribution >= 0.6 is 0 Å². The van der Waals surface area contributed by atoms with E-state index in [0.29, 0.717) is 0 Å². The monoisotopic (exact) mass is 154 g/mol. The van der Waals surface area contributed by atoms with E-state index in [0.717, 1.165) is 5.92 Å². The summed E-state index contributed by atoms with van der Waals surface area (Å²) >= 11 is 0. The van der Waals surface area contributed by atoms with Gasteiger partial charge in [-0.1, -0.05) is 31.8 Å². The van der Waals surface area contributed by atoms with E-state index in [2.05, 4.69) is 26.2 Å². The van der Waals surface area contributed by atoms with Crippen molar-refractivity contribution in [2.45, 2.75) is 38.5 Å². The Hall–Kier alpha value is -0.0431. The zero-order valence-corrected chi connectivity index (χ0v) is 8.41. The lowest BCUT2D eigenvalue weighted by Gasteiger charge is -2.16. The van der Waals surface area contributed by atoms with E-state index in [1.54, 1.807) is 5.57 Å². The predicted molar refractivity (Wildman–Crippen MR) is 50.0 cm³/mol. The molecule has 0 aromatic rings. The largest absolute Gasteiger partial charge is 0.0999 e. The molecule has 1 saturated carbocycles. The molecular formula is C9H18Si. The Morgan fingerprint density at radius 1 is 1.40 bits per heavy atom. The molecular weight excluding hydrogens is 136 g/mol. The van der Waals surface area contributed by atoms with Gasteiger partial charge >= 0.3 is 0 Å². The molecule has 0 aliphatic heterocycles. The zero-order valence-electron chi connectivity index (χ0n) is 7.41. The molecule has 0 unspecified atom stereocenters. The predicted octanol–water partition coefficient (Wildman–Crippen LogP) is 3.29. The Labute approximate surface area is 65.3 Å². The first-order valence-corrected chi connectivity index (χ1v) is 7.87. The van der Waals surface area contributed by atoms with Gasteiger partial charge in [0.25, 0.3) is 0 Å². The highest BCUT2D eigenvalue weighted by molar-refractivity contribution is 6.76. The lowest BCUT2D eigenvalue weighted by molar-refractivity contribution is 1.00. The lowest BCUT2D eigenvalue weighted by atomic mass is 10.2. The fraction of sp³-hybridized carbons (Fsp3) is 0.778. The van der Waals surface area contributed by atoms with E-state index in [4.69, 9.17) is 0 Å². The van der Waals surface area contributed by atoms with Gasteiger partial charge in [0, 0.05) is 8.07 Å². The zero-order chi connectivity index (χ0) is 7.78. The Morgan fingerprint density at radius 3 is 2.20 bits per heavy atom. The van der Waals surface area contributed by atoms with Crippen LogP contribution in [0.5, 0.6) is 0 Å². The minimum atomic E-state index is -0.843. The summed E-state index contributed by atoms with van der Waals surface area (Å²) in [6.07, 6.45) is 2.84. The van der Waals surface area contributed by atoms with Crippen LogP contribution in [-0.4, -0.2) is 8.07 Å². The number of hydrogen-bond acceptors (Lipinski definition) is 0. The van der Waals surface area contributed by atoms with Crippen molar-refractivity contribution in [1.29, 1.82) is 0 Å². The Bertz CT molecular complexity index is 137. The van der Waals surface area contributed by atoms with Crippen LogP contribution < -0.4 is 0 Å². The van der Waals surface area contributed by atoms with Crippen molar-refractivity contribution in [3.8, 4) is 0 Å². The van der Waals surface area contributed by atoms with Gasteiger partial charge in [-0.05, 0) is 24.8 Å². The molecule has 1 heteroatoms. The minimum absolute atomic E-state index is 0.843. The van der Waals surface area contributed by atoms with E-state index in [1.165, 1.54) is 18.9 Å². The standard InChI is InChI=1S/C9H18Si/c1-8(9-5-6-9)7-10(2,3)4/h9H,1,5-7H2,2-4H3. The number of allylic oxidation sites excluding steroid dienone is 1. The quantitative estimate of drug-likeness (QED) is 0.432. The van der Waals surface area contributed by atoms with Gasteiger partial charge in [0.15, 0.2) is 0 Å². The topological polar surface area (TPSA) is 0 Å². The van der Waals surface area contributed by atoms with Crippen LogP contribution in [-0.2, 0) is 0 Å². The Kier molecular flexibility index (Phi) is 2.04. The first-order chi connectivity index (χ1) is 4.49. The van der Waals surface area contributed by atoms with E-state index in [1.807, 2.05) is 0 Å². The van der Waals surface area contributed by atoms with Crippen molar-refractivity contribution in [1.82, 2.24) is 0 Å². The molecule has 10 heavy (non-hydrogen) atoms. The van der Waals surface area contributed by atoms with Crippen molar-refractivity contribution in [3.05, 3.63) is 12.2 Å². The van der Waals surface area contributed by atoms with Gasteiger partial charge in [0.05, 0.1) is 0 Å². The SMILES string of the molecule is C=C(C[Si](C)(C)C)C1CC1. The lowest BCUT2D eigenvalue weighted by Crippen LogP contribution is -2.20. The average molecular weight is 154 g/mol. The van der Waals surface area contributed by atoms with Crippen LogP contribution in [0.3, 0.4) is 0 Å². The Balaban J connectivity index is 2.30. The van der Waals surface area contributed by atoms with Gasteiger partial charge in [-0.25, -0.2) is 0 Å². The summed E-state index contributed by atoms with van der Waals surface area (Å²) in [5.41, 5.74) is 1.54. The molecule has 1 aliphatic carbocycles. The maximum atomic E-state index is 4.14. The van der Waals surface area contributed by atoms with Gasteiger partial charge in [0.2, 0.25) is 0 Å². The summed E-state index contributed by atoms with van der Waals surface area (Å²) in [5.74, 6) is 0.923. The smallest absolute Gasteiger partial charge is 0.0483 e. The number of rotatable bonds is 3. The second kappa shape index (κ2) is 2.53. The molecule has 0 bridgehead atoms. The van der Waals surface area contributed by atoms with Crippen molar-refractivity contribution >= 4 is 8.07 Å². The Morgan fingerprint density at radius 2 is 1.90 bits per heavy atom. The van der Waals surface area contributed by atoms with Gasteiger partial charge in [-0.3, -0.25) is 0 Å². The van der Waals surface area contributed by atoms with Gasteiger partial charge in [-0.2, -0.15) is 0 Å². The highest BCUT2D eigenvalue weighted by Crippen LogP contribution is 2.39. The van der Waals surface area contributed by atoms with Crippen molar-refractivity contribution in [2.24, 2.45) is 5.92 Å². The molecule has 0 nitrogen and oxygen atoms in total. The molecule has 1 fully saturated rings. The van der Waals surface area contributed by atoms with Gasteiger partial charge < -0.3 is 0 Å². The van der Waals surface area contributed by atoms with Crippen molar-refractivity contribution in [2.75, 3.05) is 0 Å². The molecule has 0 N–H and O–H groups in total. The van der Waals surface area contributed by atoms with Gasteiger partial charge in [-0.15, -0.1) is 0 Å². The first-order valence-electron chi connectivity index (χ1n) is 4.17. The third-order valence-corrected chi connectivity index (χ3v) is 3.43. The van der Waals surface area contributed by atoms with Crippen LogP contribution in [0.2, 0.25) is 25.7 Å². The molecule has 0 aromatic carbocycles.